The first-order chi connectivity index (χ1) is 14.3. The van der Waals surface area contributed by atoms with Crippen LogP contribution in [0.5, 0.6) is 0 Å². The first-order valence-electron chi connectivity index (χ1n) is 11.3. The van der Waals surface area contributed by atoms with Gasteiger partial charge in [0.05, 0.1) is 33.0 Å². The summed E-state index contributed by atoms with van der Waals surface area (Å²) in [5, 5.41) is 19.0. The molecule has 0 rings (SSSR count). The van der Waals surface area contributed by atoms with Gasteiger partial charge in [-0.05, 0) is 6.42 Å². The van der Waals surface area contributed by atoms with E-state index in [0.717, 1.165) is 6.42 Å². The quantitative estimate of drug-likeness (QED) is 0.114. The Labute approximate surface area is 183 Å². The molecule has 0 heterocycles. The minimum Gasteiger partial charge on any atom is -0.394 e. The third-order valence-electron chi connectivity index (χ3n) is 4.35. The largest absolute Gasteiger partial charge is 0.394 e. The molecule has 0 radical (unpaired) electrons. The molecule has 0 fully saturated rings. The van der Waals surface area contributed by atoms with E-state index in [1.165, 1.54) is 88.7 Å². The number of unbranched alkanes of at least 4 members (excludes halogenated alkanes) is 13. The van der Waals surface area contributed by atoms with Gasteiger partial charge in [0.2, 0.25) is 0 Å². The number of hydroxylamine groups is 2. The summed E-state index contributed by atoms with van der Waals surface area (Å²) in [7, 11) is -4.67. The van der Waals surface area contributed by atoms with Crippen LogP contribution in [0.25, 0.3) is 0 Å². The molecule has 0 spiro atoms. The molecule has 0 bridgehead atoms. The zero-order valence-corrected chi connectivity index (χ0v) is 19.5. The summed E-state index contributed by atoms with van der Waals surface area (Å²) in [5.41, 5.74) is 0. The van der Waals surface area contributed by atoms with Gasteiger partial charge in [0, 0.05) is 0 Å². The van der Waals surface area contributed by atoms with Crippen LogP contribution >= 0.6 is 0 Å². The smallest absolute Gasteiger partial charge is 0.394 e. The van der Waals surface area contributed by atoms with Crippen LogP contribution < -0.4 is 0 Å². The second-order valence-corrected chi connectivity index (χ2v) is 8.11. The van der Waals surface area contributed by atoms with Crippen LogP contribution in [0, 0.1) is 0 Å². The molecule has 0 saturated carbocycles. The first-order valence-corrected chi connectivity index (χ1v) is 12.7. The number of aliphatic hydroxyl groups excluding tert-OH is 2. The molecule has 0 aliphatic heterocycles. The Morgan fingerprint density at radius 3 is 1.23 bits per heavy atom. The van der Waals surface area contributed by atoms with Crippen LogP contribution in [0.3, 0.4) is 0 Å². The number of hydrogen-bond donors (Lipinski definition) is 4. The Hall–Kier alpha value is -0.330. The molecule has 9 nitrogen and oxygen atoms in total. The Balaban J connectivity index is 0. The van der Waals surface area contributed by atoms with Crippen molar-refractivity contribution in [3.8, 4) is 0 Å². The van der Waals surface area contributed by atoms with E-state index in [9.17, 15) is 0 Å². The van der Waals surface area contributed by atoms with Crippen LogP contribution in [-0.4, -0.2) is 65.9 Å². The lowest BCUT2D eigenvalue weighted by Gasteiger charge is -2.20. The molecule has 0 aliphatic rings. The van der Waals surface area contributed by atoms with Gasteiger partial charge >= 0.3 is 10.4 Å². The summed E-state index contributed by atoms with van der Waals surface area (Å²) >= 11 is 0. The highest BCUT2D eigenvalue weighted by Crippen LogP contribution is 2.13. The third kappa shape index (κ3) is 35.1. The second kappa shape index (κ2) is 24.9. The molecule has 0 aromatic carbocycles. The van der Waals surface area contributed by atoms with E-state index in [4.69, 9.17) is 37.4 Å². The Morgan fingerprint density at radius 1 is 0.633 bits per heavy atom. The van der Waals surface area contributed by atoms with Crippen molar-refractivity contribution in [3.05, 3.63) is 0 Å². The maximum absolute atomic E-state index is 8.78. The van der Waals surface area contributed by atoms with Crippen molar-refractivity contribution >= 4 is 10.4 Å². The lowest BCUT2D eigenvalue weighted by atomic mass is 10.0. The van der Waals surface area contributed by atoms with E-state index in [0.29, 0.717) is 6.54 Å². The van der Waals surface area contributed by atoms with Crippen molar-refractivity contribution in [3.63, 3.8) is 0 Å². The highest BCUT2D eigenvalue weighted by molar-refractivity contribution is 7.79. The fourth-order valence-electron chi connectivity index (χ4n) is 2.89. The topological polar surface area (TPSA) is 137 Å². The molecule has 0 unspecified atom stereocenters. The molecule has 0 saturated heterocycles. The van der Waals surface area contributed by atoms with Crippen molar-refractivity contribution in [1.29, 1.82) is 0 Å². The molecule has 0 aliphatic carbocycles. The van der Waals surface area contributed by atoms with Crippen molar-refractivity contribution in [2.75, 3.05) is 33.0 Å². The van der Waals surface area contributed by atoms with Crippen LogP contribution in [0.2, 0.25) is 0 Å². The van der Waals surface area contributed by atoms with Gasteiger partial charge in [0.15, 0.2) is 0 Å². The van der Waals surface area contributed by atoms with E-state index in [2.05, 4.69) is 6.92 Å². The molecule has 4 N–H and O–H groups in total. The molecule has 0 amide bonds. The van der Waals surface area contributed by atoms with Gasteiger partial charge in [0.25, 0.3) is 0 Å². The molecule has 10 heteroatoms. The van der Waals surface area contributed by atoms with E-state index < -0.39 is 10.4 Å². The fraction of sp³-hybridized carbons (Fsp3) is 1.00. The monoisotopic (exact) mass is 459 g/mol. The van der Waals surface area contributed by atoms with E-state index in [-0.39, 0.29) is 26.4 Å². The Morgan fingerprint density at radius 2 is 0.933 bits per heavy atom. The van der Waals surface area contributed by atoms with Gasteiger partial charge in [-0.3, -0.25) is 18.8 Å². The minimum absolute atomic E-state index is 0.0300. The lowest BCUT2D eigenvalue weighted by Crippen LogP contribution is -2.28. The standard InChI is InChI=1S/C20H43NO4.H2O4S/c1-2-3-4-5-6-7-8-9-10-11-12-13-14-15-16-21(24-19-17-22)25-20-18-23;1-5(2,3)4/h22-23H,2-20H2,1H3;(H2,1,2,3,4). The Kier molecular flexibility index (Phi) is 26.5. The molecule has 0 atom stereocenters. The van der Waals surface area contributed by atoms with Crippen molar-refractivity contribution < 1.29 is 37.4 Å². The predicted octanol–water partition coefficient (Wildman–Crippen LogP) is 3.96. The van der Waals surface area contributed by atoms with Gasteiger partial charge in [0.1, 0.15) is 0 Å². The number of nitrogens with zero attached hydrogens (tertiary/aromatic N) is 1. The molecule has 0 aromatic rings. The maximum Gasteiger partial charge on any atom is 0.394 e. The second-order valence-electron chi connectivity index (χ2n) is 7.21. The van der Waals surface area contributed by atoms with Gasteiger partial charge in [-0.2, -0.15) is 8.42 Å². The summed E-state index contributed by atoms with van der Waals surface area (Å²) in [6.07, 6.45) is 18.7. The molecule has 0 aromatic heterocycles. The SMILES string of the molecule is CCCCCCCCCCCCCCCCN(OCCO)OCCO.O=S(=O)(O)O. The van der Waals surface area contributed by atoms with Crippen molar-refractivity contribution in [2.45, 2.75) is 96.8 Å². The zero-order valence-electron chi connectivity index (χ0n) is 18.7. The van der Waals surface area contributed by atoms with Crippen molar-refractivity contribution in [1.82, 2.24) is 5.23 Å². The van der Waals surface area contributed by atoms with Crippen LogP contribution in [0.15, 0.2) is 0 Å². The van der Waals surface area contributed by atoms with Crippen LogP contribution in [0.1, 0.15) is 96.8 Å². The lowest BCUT2D eigenvalue weighted by molar-refractivity contribution is -0.371. The van der Waals surface area contributed by atoms with Gasteiger partial charge in [-0.15, -0.1) is 0 Å². The average Bonchev–Trinajstić information content (AvgIpc) is 2.68. The summed E-state index contributed by atoms with van der Waals surface area (Å²) in [6, 6.07) is 0. The molecular formula is C20H45NO8S. The van der Waals surface area contributed by atoms with Crippen LogP contribution in [-0.2, 0) is 20.1 Å². The summed E-state index contributed by atoms with van der Waals surface area (Å²) in [6.45, 7) is 3.34. The number of aliphatic hydroxyl groups is 2. The zero-order chi connectivity index (χ0) is 22.9. The van der Waals surface area contributed by atoms with Crippen molar-refractivity contribution in [2.24, 2.45) is 0 Å². The van der Waals surface area contributed by atoms with Gasteiger partial charge < -0.3 is 10.2 Å². The summed E-state index contributed by atoms with van der Waals surface area (Å²) < 4.78 is 31.6. The molecule has 184 valence electrons. The highest BCUT2D eigenvalue weighted by Gasteiger charge is 2.05. The Bertz CT molecular complexity index is 407. The highest BCUT2D eigenvalue weighted by atomic mass is 32.3. The van der Waals surface area contributed by atoms with E-state index in [1.54, 1.807) is 0 Å². The van der Waals surface area contributed by atoms with Gasteiger partial charge in [-0.25, -0.2) is 0 Å². The average molecular weight is 460 g/mol. The number of rotatable bonds is 21. The summed E-state index contributed by atoms with van der Waals surface area (Å²) in [4.78, 5) is 10.5. The van der Waals surface area contributed by atoms with Gasteiger partial charge in [-0.1, -0.05) is 95.6 Å². The van der Waals surface area contributed by atoms with Crippen LogP contribution in [0.4, 0.5) is 0 Å². The number of hydrogen-bond acceptors (Lipinski definition) is 7. The summed E-state index contributed by atoms with van der Waals surface area (Å²) in [5.74, 6) is 0. The third-order valence-corrected chi connectivity index (χ3v) is 4.35. The van der Waals surface area contributed by atoms with E-state index >= 15 is 0 Å². The maximum atomic E-state index is 8.78. The molecule has 30 heavy (non-hydrogen) atoms. The predicted molar refractivity (Wildman–Crippen MR) is 117 cm³/mol. The fourth-order valence-corrected chi connectivity index (χ4v) is 2.89. The first kappa shape index (κ1) is 31.9. The minimum atomic E-state index is -4.67. The normalized spacial score (nSPS) is 11.5. The van der Waals surface area contributed by atoms with E-state index in [1.807, 2.05) is 0 Å². The molecular weight excluding hydrogens is 414 g/mol.